The van der Waals surface area contributed by atoms with Crippen LogP contribution in [0.4, 0.5) is 5.69 Å². The molecule has 0 radical (unpaired) electrons. The summed E-state index contributed by atoms with van der Waals surface area (Å²) in [5.74, 6) is -0.437. The Bertz CT molecular complexity index is 684. The second-order valence-corrected chi connectivity index (χ2v) is 4.60. The van der Waals surface area contributed by atoms with E-state index >= 15 is 0 Å². The Morgan fingerprint density at radius 3 is 2.45 bits per heavy atom. The number of ether oxygens (including phenoxy) is 2. The van der Waals surface area contributed by atoms with E-state index in [1.807, 2.05) is 30.3 Å². The molecular formula is C16H15NO5. The van der Waals surface area contributed by atoms with Gasteiger partial charge in [0.25, 0.3) is 5.69 Å². The fourth-order valence-corrected chi connectivity index (χ4v) is 1.99. The molecule has 114 valence electrons. The normalized spacial score (nSPS) is 11.5. The van der Waals surface area contributed by atoms with Crippen molar-refractivity contribution in [1.82, 2.24) is 0 Å². The Morgan fingerprint density at radius 2 is 1.86 bits per heavy atom. The Kier molecular flexibility index (Phi) is 4.73. The number of hydrogen-bond acceptors (Lipinski definition) is 5. The standard InChI is InChI=1S/C16H15NO5/c1-11(12-6-4-3-5-7-12)22-16(18)14-10-13(17(19)20)8-9-15(14)21-2/h3-11H,1-2H3/t11-/m1/s1. The zero-order valence-electron chi connectivity index (χ0n) is 12.2. The van der Waals surface area contributed by atoms with Crippen LogP contribution in [0, 0.1) is 10.1 Å². The summed E-state index contributed by atoms with van der Waals surface area (Å²) in [6, 6.07) is 13.0. The Balaban J connectivity index is 2.25. The van der Waals surface area contributed by atoms with Gasteiger partial charge in [0, 0.05) is 12.1 Å². The molecule has 0 aliphatic heterocycles. The lowest BCUT2D eigenvalue weighted by atomic mass is 10.1. The first kappa shape index (κ1) is 15.5. The molecular weight excluding hydrogens is 286 g/mol. The summed E-state index contributed by atoms with van der Waals surface area (Å²) >= 11 is 0. The molecule has 0 spiro atoms. The SMILES string of the molecule is COc1ccc([N+](=O)[O-])cc1C(=O)O[C@H](C)c1ccccc1. The van der Waals surface area contributed by atoms with Crippen LogP contribution in [0.3, 0.4) is 0 Å². The summed E-state index contributed by atoms with van der Waals surface area (Å²) < 4.78 is 10.4. The Labute approximate surface area is 127 Å². The number of carbonyl (C=O) groups is 1. The smallest absolute Gasteiger partial charge is 0.342 e. The van der Waals surface area contributed by atoms with E-state index in [1.54, 1.807) is 6.92 Å². The van der Waals surface area contributed by atoms with Gasteiger partial charge in [0.2, 0.25) is 0 Å². The molecule has 0 unspecified atom stereocenters. The van der Waals surface area contributed by atoms with Crippen LogP contribution in [-0.4, -0.2) is 18.0 Å². The van der Waals surface area contributed by atoms with Gasteiger partial charge in [0.1, 0.15) is 17.4 Å². The molecule has 0 aliphatic rings. The monoisotopic (exact) mass is 301 g/mol. The lowest BCUT2D eigenvalue weighted by Gasteiger charge is -2.14. The van der Waals surface area contributed by atoms with Crippen LogP contribution in [0.5, 0.6) is 5.75 Å². The van der Waals surface area contributed by atoms with Crippen LogP contribution in [0.25, 0.3) is 0 Å². The average molecular weight is 301 g/mol. The minimum absolute atomic E-state index is 0.0273. The lowest BCUT2D eigenvalue weighted by molar-refractivity contribution is -0.384. The second-order valence-electron chi connectivity index (χ2n) is 4.60. The highest BCUT2D eigenvalue weighted by atomic mass is 16.6. The molecule has 2 aromatic rings. The number of nitro groups is 1. The van der Waals surface area contributed by atoms with E-state index in [9.17, 15) is 14.9 Å². The Morgan fingerprint density at radius 1 is 1.18 bits per heavy atom. The molecule has 0 heterocycles. The highest BCUT2D eigenvalue weighted by Gasteiger charge is 2.21. The van der Waals surface area contributed by atoms with Gasteiger partial charge in [0.15, 0.2) is 0 Å². The van der Waals surface area contributed by atoms with Gasteiger partial charge in [-0.3, -0.25) is 10.1 Å². The molecule has 22 heavy (non-hydrogen) atoms. The van der Waals surface area contributed by atoms with Gasteiger partial charge in [0.05, 0.1) is 12.0 Å². The van der Waals surface area contributed by atoms with Crippen LogP contribution >= 0.6 is 0 Å². The van der Waals surface area contributed by atoms with E-state index in [0.717, 1.165) is 11.6 Å². The molecule has 2 aromatic carbocycles. The molecule has 2 rings (SSSR count). The zero-order valence-corrected chi connectivity index (χ0v) is 12.2. The predicted molar refractivity (Wildman–Crippen MR) is 79.9 cm³/mol. The Hall–Kier alpha value is -2.89. The van der Waals surface area contributed by atoms with Crippen molar-refractivity contribution >= 4 is 11.7 Å². The number of methoxy groups -OCH3 is 1. The summed E-state index contributed by atoms with van der Waals surface area (Å²) in [6.45, 7) is 1.73. The molecule has 0 amide bonds. The first-order chi connectivity index (χ1) is 10.5. The largest absolute Gasteiger partial charge is 0.496 e. The van der Waals surface area contributed by atoms with Gasteiger partial charge in [-0.1, -0.05) is 30.3 Å². The minimum atomic E-state index is -0.670. The van der Waals surface area contributed by atoms with Crippen LogP contribution in [0.15, 0.2) is 48.5 Å². The van der Waals surface area contributed by atoms with Gasteiger partial charge in [-0.25, -0.2) is 4.79 Å². The van der Waals surface area contributed by atoms with Gasteiger partial charge in [-0.05, 0) is 18.6 Å². The molecule has 0 aromatic heterocycles. The van der Waals surface area contributed by atoms with Crippen LogP contribution in [0.2, 0.25) is 0 Å². The number of carbonyl (C=O) groups excluding carboxylic acids is 1. The third kappa shape index (κ3) is 3.41. The van der Waals surface area contributed by atoms with E-state index in [-0.39, 0.29) is 17.0 Å². The lowest BCUT2D eigenvalue weighted by Crippen LogP contribution is -2.11. The maximum Gasteiger partial charge on any atom is 0.342 e. The molecule has 1 atom stereocenters. The fraction of sp³-hybridized carbons (Fsp3) is 0.188. The maximum atomic E-state index is 12.3. The van der Waals surface area contributed by atoms with Gasteiger partial charge >= 0.3 is 5.97 Å². The van der Waals surface area contributed by atoms with Crippen molar-refractivity contribution < 1.29 is 19.2 Å². The van der Waals surface area contributed by atoms with E-state index in [2.05, 4.69) is 0 Å². The molecule has 0 aliphatic carbocycles. The van der Waals surface area contributed by atoms with E-state index in [0.29, 0.717) is 0 Å². The fourth-order valence-electron chi connectivity index (χ4n) is 1.99. The van der Waals surface area contributed by atoms with Crippen molar-refractivity contribution in [2.24, 2.45) is 0 Å². The summed E-state index contributed by atoms with van der Waals surface area (Å²) in [4.78, 5) is 22.5. The van der Waals surface area contributed by atoms with Crippen molar-refractivity contribution in [1.29, 1.82) is 0 Å². The highest BCUT2D eigenvalue weighted by molar-refractivity contribution is 5.93. The second kappa shape index (κ2) is 6.71. The van der Waals surface area contributed by atoms with Crippen LogP contribution in [-0.2, 0) is 4.74 Å². The zero-order chi connectivity index (χ0) is 16.1. The van der Waals surface area contributed by atoms with Crippen LogP contribution in [0.1, 0.15) is 28.9 Å². The molecule has 0 bridgehead atoms. The molecule has 0 saturated heterocycles. The number of rotatable bonds is 5. The van der Waals surface area contributed by atoms with Crippen molar-refractivity contribution in [2.75, 3.05) is 7.11 Å². The van der Waals surface area contributed by atoms with Gasteiger partial charge in [-0.15, -0.1) is 0 Å². The van der Waals surface area contributed by atoms with Crippen molar-refractivity contribution in [3.63, 3.8) is 0 Å². The topological polar surface area (TPSA) is 78.7 Å². The third-order valence-corrected chi connectivity index (χ3v) is 3.17. The van der Waals surface area contributed by atoms with Crippen molar-refractivity contribution in [2.45, 2.75) is 13.0 Å². The molecule has 0 N–H and O–H groups in total. The summed E-state index contributed by atoms with van der Waals surface area (Å²) in [6.07, 6.45) is -0.474. The average Bonchev–Trinajstić information content (AvgIpc) is 2.54. The summed E-state index contributed by atoms with van der Waals surface area (Å²) in [5.41, 5.74) is 0.667. The minimum Gasteiger partial charge on any atom is -0.496 e. The molecule has 0 fully saturated rings. The van der Waals surface area contributed by atoms with E-state index < -0.39 is 17.0 Å². The van der Waals surface area contributed by atoms with Crippen molar-refractivity contribution in [3.8, 4) is 5.75 Å². The van der Waals surface area contributed by atoms with Crippen molar-refractivity contribution in [3.05, 3.63) is 69.8 Å². The number of non-ortho nitro benzene ring substituents is 1. The van der Waals surface area contributed by atoms with Gasteiger partial charge in [-0.2, -0.15) is 0 Å². The maximum absolute atomic E-state index is 12.3. The molecule has 6 heteroatoms. The number of nitro benzene ring substituents is 1. The number of benzene rings is 2. The first-order valence-electron chi connectivity index (χ1n) is 6.61. The number of esters is 1. The quantitative estimate of drug-likeness (QED) is 0.479. The third-order valence-electron chi connectivity index (χ3n) is 3.17. The van der Waals surface area contributed by atoms with Gasteiger partial charge < -0.3 is 9.47 Å². The highest BCUT2D eigenvalue weighted by Crippen LogP contribution is 2.27. The predicted octanol–water partition coefficient (Wildman–Crippen LogP) is 3.52. The first-order valence-corrected chi connectivity index (χ1v) is 6.61. The number of hydrogen-bond donors (Lipinski definition) is 0. The van der Waals surface area contributed by atoms with Crippen LogP contribution < -0.4 is 4.74 Å². The number of nitrogens with zero attached hydrogens (tertiary/aromatic N) is 1. The van der Waals surface area contributed by atoms with E-state index in [1.165, 1.54) is 19.2 Å². The van der Waals surface area contributed by atoms with E-state index in [4.69, 9.17) is 9.47 Å². The summed E-state index contributed by atoms with van der Waals surface area (Å²) in [5, 5.41) is 10.8. The molecule has 6 nitrogen and oxygen atoms in total. The molecule has 0 saturated carbocycles. The summed E-state index contributed by atoms with van der Waals surface area (Å²) in [7, 11) is 1.39.